The molecule has 1 aromatic heterocycles. The van der Waals surface area contributed by atoms with Crippen LogP contribution in [0.1, 0.15) is 6.42 Å². The van der Waals surface area contributed by atoms with E-state index in [1.54, 1.807) is 35.0 Å². The van der Waals surface area contributed by atoms with Crippen molar-refractivity contribution >= 4 is 22.8 Å². The van der Waals surface area contributed by atoms with Crippen molar-refractivity contribution < 1.29 is 19.4 Å². The number of carbonyl (C=O) groups is 2. The van der Waals surface area contributed by atoms with Gasteiger partial charge in [-0.15, -0.1) is 0 Å². The van der Waals surface area contributed by atoms with Gasteiger partial charge in [-0.05, 0) is 12.1 Å². The summed E-state index contributed by atoms with van der Waals surface area (Å²) in [6.07, 6.45) is 1.56. The number of likely N-dealkylation sites (tertiary alicyclic amines) is 1. The number of nitrogens with zero attached hydrogens (tertiary/aromatic N) is 2. The number of amides is 1. The second-order valence-electron chi connectivity index (χ2n) is 5.82. The molecule has 24 heavy (non-hydrogen) atoms. The number of carboxylic acids is 1. The van der Waals surface area contributed by atoms with Gasteiger partial charge in [-0.1, -0.05) is 12.1 Å². The number of hydrogen-bond donors (Lipinski definition) is 1. The Morgan fingerprint density at radius 3 is 2.75 bits per heavy atom. The molecule has 2 aromatic rings. The summed E-state index contributed by atoms with van der Waals surface area (Å²) < 4.78 is 6.87. The van der Waals surface area contributed by atoms with Crippen molar-refractivity contribution in [3.8, 4) is 0 Å². The van der Waals surface area contributed by atoms with E-state index in [-0.39, 0.29) is 37.0 Å². The zero-order chi connectivity index (χ0) is 17.3. The smallest absolute Gasteiger partial charge is 0.326 e. The summed E-state index contributed by atoms with van der Waals surface area (Å²) in [4.78, 5) is 37.2. The van der Waals surface area contributed by atoms with Gasteiger partial charge >= 0.3 is 5.97 Å². The monoisotopic (exact) mass is 330 g/mol. The van der Waals surface area contributed by atoms with E-state index in [0.717, 1.165) is 0 Å². The number of benzene rings is 1. The van der Waals surface area contributed by atoms with Crippen LogP contribution in [-0.2, 0) is 20.9 Å². The van der Waals surface area contributed by atoms with E-state index in [1.165, 1.54) is 18.1 Å². The summed E-state index contributed by atoms with van der Waals surface area (Å²) in [5.74, 6) is -1.34. The first kappa shape index (κ1) is 16.2. The van der Waals surface area contributed by atoms with Crippen LogP contribution in [0.4, 0.5) is 0 Å². The molecule has 1 aromatic carbocycles. The molecule has 0 aliphatic carbocycles. The van der Waals surface area contributed by atoms with Gasteiger partial charge in [0.05, 0.1) is 11.6 Å². The fourth-order valence-electron chi connectivity index (χ4n) is 3.11. The van der Waals surface area contributed by atoms with Gasteiger partial charge in [-0.3, -0.25) is 9.59 Å². The van der Waals surface area contributed by atoms with E-state index < -0.39 is 12.0 Å². The predicted octanol–water partition coefficient (Wildman–Crippen LogP) is 0.702. The number of para-hydroxylation sites is 1. The Labute approximate surface area is 138 Å². The van der Waals surface area contributed by atoms with Crippen molar-refractivity contribution in [1.29, 1.82) is 0 Å². The molecule has 7 heteroatoms. The first-order valence-electron chi connectivity index (χ1n) is 7.64. The molecule has 1 N–H and O–H groups in total. The van der Waals surface area contributed by atoms with Gasteiger partial charge < -0.3 is 19.3 Å². The molecule has 2 heterocycles. The van der Waals surface area contributed by atoms with E-state index in [1.807, 2.05) is 0 Å². The molecule has 0 spiro atoms. The zero-order valence-electron chi connectivity index (χ0n) is 13.2. The number of carboxylic acid groups (broad SMARTS) is 1. The summed E-state index contributed by atoms with van der Waals surface area (Å²) in [5.41, 5.74) is 0.533. The fourth-order valence-corrected chi connectivity index (χ4v) is 3.11. The molecule has 0 bridgehead atoms. The SMILES string of the molecule is COC1CC(C(=O)O)N(C(=O)Cn2ccc(=O)c3ccccc32)C1. The van der Waals surface area contributed by atoms with Crippen molar-refractivity contribution in [2.45, 2.75) is 25.1 Å². The first-order chi connectivity index (χ1) is 11.5. The summed E-state index contributed by atoms with van der Waals surface area (Å²) in [5, 5.41) is 9.85. The molecular formula is C17H18N2O5. The number of aromatic nitrogens is 1. The number of methoxy groups -OCH3 is 1. The van der Waals surface area contributed by atoms with Crippen molar-refractivity contribution in [3.05, 3.63) is 46.8 Å². The molecule has 1 saturated heterocycles. The highest BCUT2D eigenvalue weighted by atomic mass is 16.5. The number of fused-ring (bicyclic) bond motifs is 1. The third-order valence-corrected chi connectivity index (χ3v) is 4.39. The van der Waals surface area contributed by atoms with Crippen LogP contribution in [-0.4, -0.2) is 52.3 Å². The van der Waals surface area contributed by atoms with Gasteiger partial charge in [0.2, 0.25) is 5.91 Å². The number of hydrogen-bond acceptors (Lipinski definition) is 4. The Morgan fingerprint density at radius 2 is 2.04 bits per heavy atom. The third kappa shape index (κ3) is 2.90. The van der Waals surface area contributed by atoms with Gasteiger partial charge in [0.25, 0.3) is 0 Å². The second kappa shape index (κ2) is 6.45. The zero-order valence-corrected chi connectivity index (χ0v) is 13.2. The van der Waals surface area contributed by atoms with Crippen molar-refractivity contribution in [1.82, 2.24) is 9.47 Å². The number of rotatable bonds is 4. The lowest BCUT2D eigenvalue weighted by atomic mass is 10.2. The Bertz CT molecular complexity index is 844. The van der Waals surface area contributed by atoms with Crippen molar-refractivity contribution in [2.75, 3.05) is 13.7 Å². The number of aliphatic carboxylic acids is 1. The number of pyridine rings is 1. The standard InChI is InChI=1S/C17H18N2O5/c1-24-11-8-14(17(22)23)19(9-11)16(21)10-18-7-6-15(20)12-4-2-3-5-13(12)18/h2-7,11,14H,8-10H2,1H3,(H,22,23). The van der Waals surface area contributed by atoms with Crippen molar-refractivity contribution in [3.63, 3.8) is 0 Å². The van der Waals surface area contributed by atoms with Crippen LogP contribution in [0.15, 0.2) is 41.3 Å². The quantitative estimate of drug-likeness (QED) is 0.891. The van der Waals surface area contributed by atoms with Gasteiger partial charge in [-0.2, -0.15) is 0 Å². The highest BCUT2D eigenvalue weighted by Gasteiger charge is 2.39. The maximum atomic E-state index is 12.6. The number of ether oxygens (including phenoxy) is 1. The van der Waals surface area contributed by atoms with Crippen molar-refractivity contribution in [2.24, 2.45) is 0 Å². The van der Waals surface area contributed by atoms with E-state index in [0.29, 0.717) is 10.9 Å². The molecule has 2 atom stereocenters. The van der Waals surface area contributed by atoms with E-state index >= 15 is 0 Å². The van der Waals surface area contributed by atoms with Crippen LogP contribution in [0.25, 0.3) is 10.9 Å². The minimum Gasteiger partial charge on any atom is -0.480 e. The average Bonchev–Trinajstić information content (AvgIpc) is 3.02. The van der Waals surface area contributed by atoms with Crippen LogP contribution in [0.3, 0.4) is 0 Å². The average molecular weight is 330 g/mol. The largest absolute Gasteiger partial charge is 0.480 e. The van der Waals surface area contributed by atoms with Crippen LogP contribution in [0.5, 0.6) is 0 Å². The maximum absolute atomic E-state index is 12.6. The van der Waals surface area contributed by atoms with Crippen LogP contribution in [0.2, 0.25) is 0 Å². The minimum atomic E-state index is -1.03. The van der Waals surface area contributed by atoms with Gasteiger partial charge in [0.15, 0.2) is 5.43 Å². The molecule has 2 unspecified atom stereocenters. The molecule has 1 aliphatic heterocycles. The van der Waals surface area contributed by atoms with Crippen LogP contribution >= 0.6 is 0 Å². The molecular weight excluding hydrogens is 312 g/mol. The Kier molecular flexibility index (Phi) is 4.35. The maximum Gasteiger partial charge on any atom is 0.326 e. The van der Waals surface area contributed by atoms with Gasteiger partial charge in [-0.25, -0.2) is 4.79 Å². The molecule has 3 rings (SSSR count). The molecule has 1 amide bonds. The number of carbonyl (C=O) groups excluding carboxylic acids is 1. The predicted molar refractivity (Wildman–Crippen MR) is 86.8 cm³/mol. The molecule has 1 aliphatic rings. The molecule has 1 fully saturated rings. The molecule has 7 nitrogen and oxygen atoms in total. The van der Waals surface area contributed by atoms with Gasteiger partial charge in [0.1, 0.15) is 12.6 Å². The summed E-state index contributed by atoms with van der Waals surface area (Å²) in [6.45, 7) is 0.228. The van der Waals surface area contributed by atoms with Gasteiger partial charge in [0, 0.05) is 37.7 Å². The lowest BCUT2D eigenvalue weighted by Crippen LogP contribution is -2.42. The van der Waals surface area contributed by atoms with Crippen LogP contribution in [0, 0.1) is 0 Å². The summed E-state index contributed by atoms with van der Waals surface area (Å²) in [6, 6.07) is 7.55. The minimum absolute atomic E-state index is 0.0268. The lowest BCUT2D eigenvalue weighted by molar-refractivity contribution is -0.148. The molecule has 0 radical (unpaired) electrons. The fraction of sp³-hybridized carbons (Fsp3) is 0.353. The lowest BCUT2D eigenvalue weighted by Gasteiger charge is -2.22. The first-order valence-corrected chi connectivity index (χ1v) is 7.64. The molecule has 0 saturated carbocycles. The third-order valence-electron chi connectivity index (χ3n) is 4.39. The van der Waals surface area contributed by atoms with Crippen LogP contribution < -0.4 is 5.43 Å². The highest BCUT2D eigenvalue weighted by Crippen LogP contribution is 2.21. The topological polar surface area (TPSA) is 88.8 Å². The summed E-state index contributed by atoms with van der Waals surface area (Å²) in [7, 11) is 1.51. The highest BCUT2D eigenvalue weighted by molar-refractivity contribution is 5.86. The molecule has 126 valence electrons. The van der Waals surface area contributed by atoms with E-state index in [9.17, 15) is 19.5 Å². The Balaban J connectivity index is 1.89. The summed E-state index contributed by atoms with van der Waals surface area (Å²) >= 11 is 0. The Hall–Kier alpha value is -2.67. The second-order valence-corrected chi connectivity index (χ2v) is 5.82. The van der Waals surface area contributed by atoms with E-state index in [2.05, 4.69) is 0 Å². The Morgan fingerprint density at radius 1 is 1.29 bits per heavy atom. The normalized spacial score (nSPS) is 20.5. The van der Waals surface area contributed by atoms with E-state index in [4.69, 9.17) is 4.74 Å².